The van der Waals surface area contributed by atoms with Gasteiger partial charge in [0.15, 0.2) is 0 Å². The monoisotopic (exact) mass is 289 g/mol. The quantitative estimate of drug-likeness (QED) is 0.791. The van der Waals surface area contributed by atoms with Gasteiger partial charge in [0.25, 0.3) is 0 Å². The topological polar surface area (TPSA) is 66.4 Å². The van der Waals surface area contributed by atoms with E-state index < -0.39 is 11.9 Å². The Kier molecular flexibility index (Phi) is 5.78. The first-order valence-electron chi connectivity index (χ1n) is 7.73. The molecule has 1 aromatic carbocycles. The standard InChI is InChI=1S/C17H23NO3/c19-16(14-10-4-5-11-15(14)17(20)21)18-12-6-9-13-7-2-1-3-8-13/h1-3,7-8,14-15H,4-6,9-12H2,(H,18,19)(H,20,21)/t14-,15-/m0/s1. The molecule has 1 fully saturated rings. The first-order chi connectivity index (χ1) is 10.2. The van der Waals surface area contributed by atoms with E-state index in [0.29, 0.717) is 19.4 Å². The number of rotatable bonds is 6. The van der Waals surface area contributed by atoms with E-state index in [-0.39, 0.29) is 11.8 Å². The molecule has 0 spiro atoms. The second-order valence-corrected chi connectivity index (χ2v) is 5.72. The number of amides is 1. The predicted octanol–water partition coefficient (Wildman–Crippen LogP) is 2.63. The molecule has 4 nitrogen and oxygen atoms in total. The van der Waals surface area contributed by atoms with Crippen LogP contribution < -0.4 is 5.32 Å². The lowest BCUT2D eigenvalue weighted by Crippen LogP contribution is -2.40. The first-order valence-corrected chi connectivity index (χ1v) is 7.73. The van der Waals surface area contributed by atoms with E-state index in [9.17, 15) is 14.7 Å². The molecule has 0 unspecified atom stereocenters. The van der Waals surface area contributed by atoms with Gasteiger partial charge < -0.3 is 10.4 Å². The van der Waals surface area contributed by atoms with Crippen molar-refractivity contribution in [3.8, 4) is 0 Å². The summed E-state index contributed by atoms with van der Waals surface area (Å²) in [7, 11) is 0. The van der Waals surface area contributed by atoms with Gasteiger partial charge in [0.2, 0.25) is 5.91 Å². The number of carboxylic acid groups (broad SMARTS) is 1. The fraction of sp³-hybridized carbons (Fsp3) is 0.529. The number of aryl methyl sites for hydroxylation is 1. The maximum atomic E-state index is 12.1. The minimum absolute atomic E-state index is 0.0878. The van der Waals surface area contributed by atoms with Gasteiger partial charge in [-0.3, -0.25) is 9.59 Å². The molecule has 4 heteroatoms. The molecule has 21 heavy (non-hydrogen) atoms. The summed E-state index contributed by atoms with van der Waals surface area (Å²) in [5.74, 6) is -1.78. The van der Waals surface area contributed by atoms with E-state index in [1.807, 2.05) is 18.2 Å². The lowest BCUT2D eigenvalue weighted by molar-refractivity contribution is -0.148. The smallest absolute Gasteiger partial charge is 0.307 e. The fourth-order valence-electron chi connectivity index (χ4n) is 3.02. The summed E-state index contributed by atoms with van der Waals surface area (Å²) in [4.78, 5) is 23.4. The maximum absolute atomic E-state index is 12.1. The van der Waals surface area contributed by atoms with Gasteiger partial charge in [0.05, 0.1) is 11.8 Å². The minimum Gasteiger partial charge on any atom is -0.481 e. The van der Waals surface area contributed by atoms with Gasteiger partial charge >= 0.3 is 5.97 Å². The van der Waals surface area contributed by atoms with Crippen LogP contribution in [-0.4, -0.2) is 23.5 Å². The van der Waals surface area contributed by atoms with Crippen molar-refractivity contribution in [2.75, 3.05) is 6.54 Å². The van der Waals surface area contributed by atoms with Crippen molar-refractivity contribution < 1.29 is 14.7 Å². The van der Waals surface area contributed by atoms with Gasteiger partial charge in [0.1, 0.15) is 0 Å². The highest BCUT2D eigenvalue weighted by molar-refractivity contribution is 5.84. The molecule has 1 aromatic rings. The Morgan fingerprint density at radius 2 is 1.76 bits per heavy atom. The lowest BCUT2D eigenvalue weighted by atomic mass is 9.78. The molecule has 0 radical (unpaired) electrons. The second kappa shape index (κ2) is 7.81. The third-order valence-electron chi connectivity index (χ3n) is 4.20. The number of benzene rings is 1. The SMILES string of the molecule is O=C(O)[C@H]1CCCC[C@@H]1C(=O)NCCCc1ccccc1. The highest BCUT2D eigenvalue weighted by Crippen LogP contribution is 2.30. The summed E-state index contributed by atoms with van der Waals surface area (Å²) in [5.41, 5.74) is 1.26. The summed E-state index contributed by atoms with van der Waals surface area (Å²) in [6, 6.07) is 10.1. The maximum Gasteiger partial charge on any atom is 0.307 e. The summed E-state index contributed by atoms with van der Waals surface area (Å²) in [6.07, 6.45) is 4.98. The van der Waals surface area contributed by atoms with Crippen LogP contribution in [0.15, 0.2) is 30.3 Å². The van der Waals surface area contributed by atoms with Crippen LogP contribution in [0.2, 0.25) is 0 Å². The third kappa shape index (κ3) is 4.59. The van der Waals surface area contributed by atoms with E-state index in [4.69, 9.17) is 0 Å². The average molecular weight is 289 g/mol. The van der Waals surface area contributed by atoms with E-state index in [1.165, 1.54) is 5.56 Å². The number of hydrogen-bond acceptors (Lipinski definition) is 2. The van der Waals surface area contributed by atoms with Gasteiger partial charge in [-0.1, -0.05) is 43.2 Å². The van der Waals surface area contributed by atoms with Crippen molar-refractivity contribution in [2.45, 2.75) is 38.5 Å². The third-order valence-corrected chi connectivity index (χ3v) is 4.20. The van der Waals surface area contributed by atoms with Crippen LogP contribution in [0, 0.1) is 11.8 Å². The molecule has 2 atom stereocenters. The molecule has 1 aliphatic rings. The van der Waals surface area contributed by atoms with Crippen LogP contribution >= 0.6 is 0 Å². The highest BCUT2D eigenvalue weighted by atomic mass is 16.4. The number of hydrogen-bond donors (Lipinski definition) is 2. The Labute approximate surface area is 125 Å². The second-order valence-electron chi connectivity index (χ2n) is 5.72. The molecule has 1 saturated carbocycles. The van der Waals surface area contributed by atoms with Gasteiger partial charge in [-0.25, -0.2) is 0 Å². The van der Waals surface area contributed by atoms with Gasteiger partial charge in [-0.05, 0) is 31.2 Å². The normalized spacial score (nSPS) is 21.7. The Bertz CT molecular complexity index is 472. The number of nitrogens with one attached hydrogen (secondary N) is 1. The zero-order chi connectivity index (χ0) is 15.1. The van der Waals surface area contributed by atoms with E-state index in [0.717, 1.165) is 25.7 Å². The average Bonchev–Trinajstić information content (AvgIpc) is 2.52. The van der Waals surface area contributed by atoms with E-state index in [1.54, 1.807) is 0 Å². The Balaban J connectivity index is 1.74. The molecule has 0 bridgehead atoms. The number of carbonyl (C=O) groups excluding carboxylic acids is 1. The lowest BCUT2D eigenvalue weighted by Gasteiger charge is -2.27. The van der Waals surface area contributed by atoms with Crippen LogP contribution in [0.5, 0.6) is 0 Å². The van der Waals surface area contributed by atoms with Crippen molar-refractivity contribution in [2.24, 2.45) is 11.8 Å². The molecule has 0 saturated heterocycles. The molecular weight excluding hydrogens is 266 g/mol. The molecule has 1 amide bonds. The molecule has 1 aliphatic carbocycles. The van der Waals surface area contributed by atoms with Gasteiger partial charge in [-0.2, -0.15) is 0 Å². The van der Waals surface area contributed by atoms with Gasteiger partial charge in [-0.15, -0.1) is 0 Å². The molecule has 0 heterocycles. The first kappa shape index (κ1) is 15.5. The van der Waals surface area contributed by atoms with Crippen LogP contribution in [-0.2, 0) is 16.0 Å². The van der Waals surface area contributed by atoms with Crippen molar-refractivity contribution in [3.05, 3.63) is 35.9 Å². The summed E-state index contributed by atoms with van der Waals surface area (Å²) in [5, 5.41) is 12.1. The van der Waals surface area contributed by atoms with Crippen molar-refractivity contribution in [3.63, 3.8) is 0 Å². The van der Waals surface area contributed by atoms with E-state index in [2.05, 4.69) is 17.4 Å². The Morgan fingerprint density at radius 3 is 2.43 bits per heavy atom. The number of carbonyl (C=O) groups is 2. The summed E-state index contributed by atoms with van der Waals surface area (Å²) in [6.45, 7) is 0.608. The van der Waals surface area contributed by atoms with Crippen LogP contribution in [0.4, 0.5) is 0 Å². The Morgan fingerprint density at radius 1 is 1.10 bits per heavy atom. The molecular formula is C17H23NO3. The zero-order valence-corrected chi connectivity index (χ0v) is 12.3. The van der Waals surface area contributed by atoms with Gasteiger partial charge in [0, 0.05) is 6.54 Å². The van der Waals surface area contributed by atoms with E-state index >= 15 is 0 Å². The highest BCUT2D eigenvalue weighted by Gasteiger charge is 2.35. The summed E-state index contributed by atoms with van der Waals surface area (Å²) >= 11 is 0. The molecule has 0 aliphatic heterocycles. The van der Waals surface area contributed by atoms with Crippen LogP contribution in [0.25, 0.3) is 0 Å². The van der Waals surface area contributed by atoms with Crippen molar-refractivity contribution in [1.29, 1.82) is 0 Å². The molecule has 2 rings (SSSR count). The molecule has 2 N–H and O–H groups in total. The van der Waals surface area contributed by atoms with Crippen LogP contribution in [0.1, 0.15) is 37.7 Å². The molecule has 0 aromatic heterocycles. The van der Waals surface area contributed by atoms with Crippen molar-refractivity contribution >= 4 is 11.9 Å². The predicted molar refractivity (Wildman–Crippen MR) is 80.9 cm³/mol. The van der Waals surface area contributed by atoms with Crippen LogP contribution in [0.3, 0.4) is 0 Å². The van der Waals surface area contributed by atoms with Crippen molar-refractivity contribution in [1.82, 2.24) is 5.32 Å². The fourth-order valence-corrected chi connectivity index (χ4v) is 3.02. The Hall–Kier alpha value is -1.84. The number of carboxylic acids is 1. The minimum atomic E-state index is -0.834. The summed E-state index contributed by atoms with van der Waals surface area (Å²) < 4.78 is 0. The largest absolute Gasteiger partial charge is 0.481 e. The molecule has 114 valence electrons. The zero-order valence-electron chi connectivity index (χ0n) is 12.3. The number of aliphatic carboxylic acids is 1.